The molecular formula is C55H56N10O9. The fraction of sp³-hybridized carbons (Fsp3) is 0.145. The van der Waals surface area contributed by atoms with Gasteiger partial charge >= 0.3 is 18.1 Å². The number of nitrogens with one attached hydrogen (secondary N) is 9. The Morgan fingerprint density at radius 1 is 0.405 bits per heavy atom. The highest BCUT2D eigenvalue weighted by molar-refractivity contribution is 6.01. The molecule has 0 aliphatic carbocycles. The maximum atomic E-state index is 12.3. The van der Waals surface area contributed by atoms with E-state index in [9.17, 15) is 28.8 Å². The highest BCUT2D eigenvalue weighted by Crippen LogP contribution is 2.24. The van der Waals surface area contributed by atoms with Gasteiger partial charge in [0.05, 0.1) is 41.5 Å². The number of hydroxylamine groups is 3. The van der Waals surface area contributed by atoms with Crippen LogP contribution in [0.4, 0.5) is 25.8 Å². The Balaban J connectivity index is 0.000000206. The lowest BCUT2D eigenvalue weighted by Crippen LogP contribution is -2.38. The van der Waals surface area contributed by atoms with Gasteiger partial charge in [0.1, 0.15) is 0 Å². The number of rotatable bonds is 13. The predicted molar refractivity (Wildman–Crippen MR) is 278 cm³/mol. The number of hydrogen-bond acceptors (Lipinski definition) is 10. The Hall–Kier alpha value is -9.61. The maximum absolute atomic E-state index is 12.3. The van der Waals surface area contributed by atoms with Crippen molar-refractivity contribution in [3.63, 3.8) is 0 Å². The zero-order chi connectivity index (χ0) is 53.6. The molecule has 0 fully saturated rings. The minimum Gasteiger partial charge on any atom is -0.332 e. The van der Waals surface area contributed by atoms with E-state index in [1.165, 1.54) is 0 Å². The van der Waals surface area contributed by atoms with E-state index >= 15 is 0 Å². The maximum Gasteiger partial charge on any atom is 0.319 e. The molecule has 0 saturated carbocycles. The molecule has 7 rings (SSSR count). The Bertz CT molecular complexity index is 3040. The number of fused-ring (bicyclic) bond motifs is 1. The van der Waals surface area contributed by atoms with Gasteiger partial charge in [-0.3, -0.25) is 30.0 Å². The van der Waals surface area contributed by atoms with E-state index in [-0.39, 0.29) is 42.3 Å². The number of nitriles is 1. The summed E-state index contributed by atoms with van der Waals surface area (Å²) in [5, 5.41) is 53.5. The summed E-state index contributed by atoms with van der Waals surface area (Å²) in [6, 6.07) is 49.7. The number of benzene rings is 7. The van der Waals surface area contributed by atoms with Crippen LogP contribution >= 0.6 is 0 Å². The van der Waals surface area contributed by atoms with Crippen LogP contribution in [0.15, 0.2) is 170 Å². The first-order valence-electron chi connectivity index (χ1n) is 23.0. The molecular weight excluding hydrogens is 945 g/mol. The molecule has 12 N–H and O–H groups in total. The third-order valence-electron chi connectivity index (χ3n) is 11.3. The summed E-state index contributed by atoms with van der Waals surface area (Å²) in [5.74, 6) is -1.75. The molecule has 0 aliphatic rings. The van der Waals surface area contributed by atoms with Crippen LogP contribution in [0.5, 0.6) is 0 Å². The van der Waals surface area contributed by atoms with Crippen LogP contribution in [-0.2, 0) is 0 Å². The van der Waals surface area contributed by atoms with Gasteiger partial charge in [0.2, 0.25) is 0 Å². The number of anilines is 2. The van der Waals surface area contributed by atoms with Gasteiger partial charge in [-0.1, -0.05) is 103 Å². The molecule has 19 heteroatoms. The lowest BCUT2D eigenvalue weighted by Gasteiger charge is -2.19. The van der Waals surface area contributed by atoms with E-state index in [0.29, 0.717) is 27.9 Å². The average Bonchev–Trinajstić information content (AvgIpc) is 3.43. The minimum absolute atomic E-state index is 0.103. The molecule has 19 nitrogen and oxygen atoms in total. The van der Waals surface area contributed by atoms with Gasteiger partial charge < -0.3 is 31.9 Å². The fourth-order valence-corrected chi connectivity index (χ4v) is 7.15. The quantitative estimate of drug-likeness (QED) is 0.0384. The monoisotopic (exact) mass is 1000 g/mol. The molecule has 0 bridgehead atoms. The molecule has 380 valence electrons. The third kappa shape index (κ3) is 16.5. The lowest BCUT2D eigenvalue weighted by atomic mass is 10.1. The molecule has 7 aromatic carbocycles. The van der Waals surface area contributed by atoms with Gasteiger partial charge in [0, 0.05) is 27.8 Å². The van der Waals surface area contributed by atoms with Crippen molar-refractivity contribution < 1.29 is 44.4 Å². The second kappa shape index (κ2) is 27.7. The molecule has 4 atom stereocenters. The minimum atomic E-state index is -0.597. The van der Waals surface area contributed by atoms with Gasteiger partial charge in [-0.25, -0.2) is 30.8 Å². The lowest BCUT2D eigenvalue weighted by molar-refractivity contribution is 0.0702. The van der Waals surface area contributed by atoms with Crippen LogP contribution < -0.4 is 48.3 Å². The zero-order valence-corrected chi connectivity index (χ0v) is 40.7. The van der Waals surface area contributed by atoms with Crippen molar-refractivity contribution in [2.24, 2.45) is 0 Å². The van der Waals surface area contributed by atoms with Crippen LogP contribution in [0, 0.1) is 11.3 Å². The first-order chi connectivity index (χ1) is 35.6. The average molecular weight is 1000 g/mol. The van der Waals surface area contributed by atoms with Gasteiger partial charge in [0.15, 0.2) is 0 Å². The number of carbonyl (C=O) groups excluding carboxylic acids is 6. The molecule has 7 aromatic rings. The first kappa shape index (κ1) is 55.3. The summed E-state index contributed by atoms with van der Waals surface area (Å²) in [4.78, 5) is 70.3. The van der Waals surface area contributed by atoms with Gasteiger partial charge in [-0.15, -0.1) is 0 Å². The number of nitrogens with zero attached hydrogens (tertiary/aromatic N) is 1. The Kier molecular flexibility index (Phi) is 20.7. The summed E-state index contributed by atoms with van der Waals surface area (Å²) in [6.07, 6.45) is 0. The largest absolute Gasteiger partial charge is 0.332 e. The summed E-state index contributed by atoms with van der Waals surface area (Å²) in [7, 11) is 0. The number of carbonyl (C=O) groups is 6. The van der Waals surface area contributed by atoms with Gasteiger partial charge in [-0.05, 0) is 122 Å². The summed E-state index contributed by atoms with van der Waals surface area (Å²) >= 11 is 0. The normalized spacial score (nSPS) is 11.8. The summed E-state index contributed by atoms with van der Waals surface area (Å²) in [6.45, 7) is 7.43. The molecule has 9 amide bonds. The predicted octanol–water partition coefficient (Wildman–Crippen LogP) is 9.33. The molecule has 0 aliphatic heterocycles. The second-order valence-electron chi connectivity index (χ2n) is 16.5. The van der Waals surface area contributed by atoms with Crippen LogP contribution in [0.1, 0.15) is 111 Å². The second-order valence-corrected chi connectivity index (χ2v) is 16.5. The van der Waals surface area contributed by atoms with Crippen LogP contribution in [0.2, 0.25) is 0 Å². The zero-order valence-electron chi connectivity index (χ0n) is 40.7. The first-order valence-corrected chi connectivity index (χ1v) is 23.0. The Morgan fingerprint density at radius 3 is 1.19 bits per heavy atom. The standard InChI is InChI=1S/C20H19N3O3.C18H21N3O3.C17H16N4O3/c1-13(14-9-11-16(12-10-14)19(24)23-26)21-20(25)22-18-8-4-6-15-5-2-3-7-17(15)18;1-12(14-6-4-3-5-7-14)19-18(23)20-13(2)15-8-10-16(11-9-15)17(22)21-24;1-11(13-4-6-14(7-5-13)16(22)21-24)19-17(23)20-15-8-2-12(10-18)3-9-15/h2-13,26H,1H3,(H,23,24)(H2,21,22,25);3-13,24H,1-2H3,(H,21,22)(H2,19,20,23);2-9,11,24H,1H3,(H,21,22)(H2,19,20,23)/t13-;12-,13-;11-/m111/s1. The molecule has 74 heavy (non-hydrogen) atoms. The highest BCUT2D eigenvalue weighted by Gasteiger charge is 2.16. The smallest absolute Gasteiger partial charge is 0.319 e. The van der Waals surface area contributed by atoms with Gasteiger partial charge in [-0.2, -0.15) is 5.26 Å². The highest BCUT2D eigenvalue weighted by atomic mass is 16.5. The number of urea groups is 3. The Morgan fingerprint density at radius 2 is 0.770 bits per heavy atom. The van der Waals surface area contributed by atoms with E-state index in [1.807, 2.05) is 99.6 Å². The van der Waals surface area contributed by atoms with Crippen molar-refractivity contribution in [3.05, 3.63) is 214 Å². The SMILES string of the molecule is C[C@@H](NC(=O)N[C@H](C)c1ccc(C(=O)NO)cc1)c1ccccc1.C[C@@H](NC(=O)Nc1ccc(C#N)cc1)c1ccc(C(=O)NO)cc1.C[C@@H](NC(=O)Nc1cccc2ccccc12)c1ccc(C(=O)NO)cc1. The third-order valence-corrected chi connectivity index (χ3v) is 11.3. The van der Waals surface area contributed by atoms with Crippen LogP contribution in [-0.4, -0.2) is 51.4 Å². The van der Waals surface area contributed by atoms with Crippen LogP contribution in [0.25, 0.3) is 10.8 Å². The van der Waals surface area contributed by atoms with E-state index in [4.69, 9.17) is 20.9 Å². The van der Waals surface area contributed by atoms with E-state index in [1.54, 1.807) is 120 Å². The molecule has 0 saturated heterocycles. The van der Waals surface area contributed by atoms with E-state index < -0.39 is 17.7 Å². The van der Waals surface area contributed by atoms with Gasteiger partial charge in [0.25, 0.3) is 17.7 Å². The van der Waals surface area contributed by atoms with Crippen molar-refractivity contribution in [2.45, 2.75) is 51.9 Å². The van der Waals surface area contributed by atoms with Crippen molar-refractivity contribution >= 4 is 58.0 Å². The van der Waals surface area contributed by atoms with Crippen LogP contribution in [0.3, 0.4) is 0 Å². The van der Waals surface area contributed by atoms with Crippen molar-refractivity contribution in [1.29, 1.82) is 5.26 Å². The number of hydrogen-bond donors (Lipinski definition) is 12. The molecule has 0 spiro atoms. The molecule has 0 radical (unpaired) electrons. The summed E-state index contributed by atoms with van der Waals surface area (Å²) in [5.41, 5.74) is 11.1. The van der Waals surface area contributed by atoms with Crippen molar-refractivity contribution in [3.8, 4) is 6.07 Å². The van der Waals surface area contributed by atoms with E-state index in [0.717, 1.165) is 38.7 Å². The van der Waals surface area contributed by atoms with Crippen molar-refractivity contribution in [1.82, 2.24) is 37.7 Å². The van der Waals surface area contributed by atoms with Crippen molar-refractivity contribution in [2.75, 3.05) is 10.6 Å². The number of amides is 9. The van der Waals surface area contributed by atoms with E-state index in [2.05, 4.69) is 31.9 Å². The Labute approximate surface area is 426 Å². The molecule has 0 heterocycles. The molecule has 0 aromatic heterocycles. The topological polar surface area (TPSA) is 295 Å². The fourth-order valence-electron chi connectivity index (χ4n) is 7.15. The molecule has 0 unspecified atom stereocenters. The summed E-state index contributed by atoms with van der Waals surface area (Å²) < 4.78 is 0.